The fourth-order valence-electron chi connectivity index (χ4n) is 4.07. The summed E-state index contributed by atoms with van der Waals surface area (Å²) in [6.45, 7) is 3.48. The van der Waals surface area contributed by atoms with Gasteiger partial charge in [-0.25, -0.2) is 0 Å². The van der Waals surface area contributed by atoms with E-state index in [1.54, 1.807) is 11.8 Å². The van der Waals surface area contributed by atoms with Gasteiger partial charge in [-0.05, 0) is 57.5 Å². The topological polar surface area (TPSA) is 52.7 Å². The number of alkyl halides is 3. The summed E-state index contributed by atoms with van der Waals surface area (Å²) in [5, 5.41) is 3.30. The molecule has 0 aromatic heterocycles. The minimum absolute atomic E-state index is 0.0314. The van der Waals surface area contributed by atoms with Crippen molar-refractivity contribution in [2.75, 3.05) is 39.3 Å². The molecule has 0 aromatic carbocycles. The van der Waals surface area contributed by atoms with E-state index >= 15 is 0 Å². The number of rotatable bonds is 7. The molecule has 2 aliphatic rings. The summed E-state index contributed by atoms with van der Waals surface area (Å²) in [5.41, 5.74) is 0. The van der Waals surface area contributed by atoms with Crippen LogP contribution in [-0.4, -0.2) is 67.1 Å². The molecule has 8 heteroatoms. The molecular weight excluding hydrogens is 359 g/mol. The van der Waals surface area contributed by atoms with Crippen molar-refractivity contribution < 1.29 is 22.8 Å². The van der Waals surface area contributed by atoms with E-state index in [0.29, 0.717) is 38.1 Å². The highest BCUT2D eigenvalue weighted by Crippen LogP contribution is 2.24. The van der Waals surface area contributed by atoms with Crippen LogP contribution in [0.4, 0.5) is 13.2 Å². The summed E-state index contributed by atoms with van der Waals surface area (Å²) >= 11 is 0. The summed E-state index contributed by atoms with van der Waals surface area (Å²) < 4.78 is 38.3. The van der Waals surface area contributed by atoms with E-state index in [0.717, 1.165) is 37.3 Å². The molecule has 2 fully saturated rings. The molecule has 2 saturated heterocycles. The van der Waals surface area contributed by atoms with E-state index in [2.05, 4.69) is 5.32 Å². The lowest BCUT2D eigenvalue weighted by atomic mass is 9.92. The molecule has 1 atom stereocenters. The zero-order valence-electron chi connectivity index (χ0n) is 16.2. The fourth-order valence-corrected chi connectivity index (χ4v) is 4.07. The summed E-state index contributed by atoms with van der Waals surface area (Å²) in [5.74, 6) is -0.395. The minimum Gasteiger partial charge on any atom is -0.342 e. The molecule has 0 bridgehead atoms. The Labute approximate surface area is 159 Å². The molecule has 0 radical (unpaired) electrons. The van der Waals surface area contributed by atoms with Crippen molar-refractivity contribution in [1.82, 2.24) is 15.1 Å². The highest BCUT2D eigenvalue weighted by atomic mass is 19.4. The second-order valence-corrected chi connectivity index (χ2v) is 7.79. The summed E-state index contributed by atoms with van der Waals surface area (Å²) in [7, 11) is 0. The first-order valence-corrected chi connectivity index (χ1v) is 10.1. The van der Waals surface area contributed by atoms with E-state index in [-0.39, 0.29) is 19.0 Å². The smallest absolute Gasteiger partial charge is 0.342 e. The van der Waals surface area contributed by atoms with Crippen molar-refractivity contribution >= 4 is 11.8 Å². The average molecular weight is 391 g/mol. The van der Waals surface area contributed by atoms with Crippen LogP contribution in [0, 0.1) is 11.8 Å². The Balaban J connectivity index is 1.87. The molecule has 156 valence electrons. The monoisotopic (exact) mass is 391 g/mol. The number of likely N-dealkylation sites (tertiary alicyclic amines) is 1. The van der Waals surface area contributed by atoms with Gasteiger partial charge in [-0.3, -0.25) is 9.59 Å². The van der Waals surface area contributed by atoms with Crippen LogP contribution in [0.2, 0.25) is 0 Å². The SMILES string of the molecule is CCCN(CC(F)(F)F)C(=O)C1CCCN(C(=O)CCC2CCNCC2)C1. The standard InChI is InChI=1S/C19H32F3N3O2/c1-2-11-25(14-19(20,21)22)18(27)16-4-3-12-24(13-16)17(26)6-5-15-7-9-23-10-8-15/h15-16,23H,2-14H2,1H3. The maximum Gasteiger partial charge on any atom is 0.406 e. The van der Waals surface area contributed by atoms with Crippen LogP contribution < -0.4 is 5.32 Å². The molecule has 2 heterocycles. The van der Waals surface area contributed by atoms with Crippen LogP contribution in [-0.2, 0) is 9.59 Å². The maximum atomic E-state index is 12.8. The number of hydrogen-bond acceptors (Lipinski definition) is 3. The van der Waals surface area contributed by atoms with Gasteiger partial charge in [0.25, 0.3) is 0 Å². The molecule has 27 heavy (non-hydrogen) atoms. The average Bonchev–Trinajstić information content (AvgIpc) is 2.65. The maximum absolute atomic E-state index is 12.8. The first kappa shape index (κ1) is 22.0. The lowest BCUT2D eigenvalue weighted by molar-refractivity contribution is -0.165. The van der Waals surface area contributed by atoms with Crippen LogP contribution >= 0.6 is 0 Å². The van der Waals surface area contributed by atoms with Crippen molar-refractivity contribution in [3.63, 3.8) is 0 Å². The zero-order valence-corrected chi connectivity index (χ0v) is 16.2. The van der Waals surface area contributed by atoms with Gasteiger partial charge in [0.2, 0.25) is 11.8 Å². The van der Waals surface area contributed by atoms with Gasteiger partial charge in [0.15, 0.2) is 0 Å². The molecule has 2 aliphatic heterocycles. The Hall–Kier alpha value is -1.31. The van der Waals surface area contributed by atoms with Crippen molar-refractivity contribution in [3.05, 3.63) is 0 Å². The molecule has 0 aliphatic carbocycles. The number of nitrogens with zero attached hydrogens (tertiary/aromatic N) is 2. The third-order valence-corrected chi connectivity index (χ3v) is 5.52. The predicted octanol–water partition coefficient (Wildman–Crippen LogP) is 2.81. The highest BCUT2D eigenvalue weighted by molar-refractivity contribution is 5.81. The van der Waals surface area contributed by atoms with Gasteiger partial charge in [-0.15, -0.1) is 0 Å². The second kappa shape index (κ2) is 10.3. The van der Waals surface area contributed by atoms with Crippen molar-refractivity contribution in [3.8, 4) is 0 Å². The third kappa shape index (κ3) is 7.31. The van der Waals surface area contributed by atoms with Gasteiger partial charge in [0.1, 0.15) is 6.54 Å². The van der Waals surface area contributed by atoms with Crippen LogP contribution in [0.25, 0.3) is 0 Å². The molecule has 0 aromatic rings. The lowest BCUT2D eigenvalue weighted by Crippen LogP contribution is -2.49. The number of piperidine rings is 2. The molecule has 2 amide bonds. The molecule has 1 N–H and O–H groups in total. The number of halogens is 3. The quantitative estimate of drug-likeness (QED) is 0.726. The van der Waals surface area contributed by atoms with Crippen LogP contribution in [0.1, 0.15) is 51.9 Å². The fraction of sp³-hybridized carbons (Fsp3) is 0.895. The van der Waals surface area contributed by atoms with Gasteiger partial charge in [0, 0.05) is 26.1 Å². The van der Waals surface area contributed by atoms with Crippen molar-refractivity contribution in [2.45, 2.75) is 58.0 Å². The third-order valence-electron chi connectivity index (χ3n) is 5.52. The van der Waals surface area contributed by atoms with Gasteiger partial charge in [-0.1, -0.05) is 6.92 Å². The number of carbonyl (C=O) groups excluding carboxylic acids is 2. The number of hydrogen-bond donors (Lipinski definition) is 1. The van der Waals surface area contributed by atoms with Gasteiger partial charge < -0.3 is 15.1 Å². The van der Waals surface area contributed by atoms with Gasteiger partial charge in [-0.2, -0.15) is 13.2 Å². The first-order valence-electron chi connectivity index (χ1n) is 10.1. The summed E-state index contributed by atoms with van der Waals surface area (Å²) in [6.07, 6.45) is 0.780. The molecule has 5 nitrogen and oxygen atoms in total. The summed E-state index contributed by atoms with van der Waals surface area (Å²) in [6, 6.07) is 0. The normalized spacial score (nSPS) is 21.9. The number of nitrogens with one attached hydrogen (secondary N) is 1. The largest absolute Gasteiger partial charge is 0.406 e. The Kier molecular flexibility index (Phi) is 8.38. The van der Waals surface area contributed by atoms with Gasteiger partial charge >= 0.3 is 6.18 Å². The summed E-state index contributed by atoms with van der Waals surface area (Å²) in [4.78, 5) is 27.8. The van der Waals surface area contributed by atoms with Gasteiger partial charge in [0.05, 0.1) is 5.92 Å². The Bertz CT molecular complexity index is 493. The lowest BCUT2D eigenvalue weighted by Gasteiger charge is -2.35. The number of carbonyl (C=O) groups is 2. The van der Waals surface area contributed by atoms with Crippen LogP contribution in [0.15, 0.2) is 0 Å². The first-order chi connectivity index (χ1) is 12.8. The van der Waals surface area contributed by atoms with E-state index in [1.165, 1.54) is 0 Å². The van der Waals surface area contributed by atoms with Crippen molar-refractivity contribution in [2.24, 2.45) is 11.8 Å². The molecule has 2 rings (SSSR count). The highest BCUT2D eigenvalue weighted by Gasteiger charge is 2.37. The van der Waals surface area contributed by atoms with Crippen LogP contribution in [0.3, 0.4) is 0 Å². The van der Waals surface area contributed by atoms with E-state index in [4.69, 9.17) is 0 Å². The Morgan fingerprint density at radius 3 is 2.52 bits per heavy atom. The van der Waals surface area contributed by atoms with E-state index in [1.807, 2.05) is 0 Å². The molecular formula is C19H32F3N3O2. The molecule has 1 unspecified atom stereocenters. The zero-order chi connectivity index (χ0) is 19.9. The van der Waals surface area contributed by atoms with E-state index in [9.17, 15) is 22.8 Å². The molecule has 0 spiro atoms. The van der Waals surface area contributed by atoms with Crippen LogP contribution in [0.5, 0.6) is 0 Å². The van der Waals surface area contributed by atoms with E-state index < -0.39 is 24.5 Å². The Morgan fingerprint density at radius 2 is 1.89 bits per heavy atom. The van der Waals surface area contributed by atoms with Crippen molar-refractivity contribution in [1.29, 1.82) is 0 Å². The molecule has 0 saturated carbocycles. The predicted molar refractivity (Wildman–Crippen MR) is 97.1 cm³/mol. The second-order valence-electron chi connectivity index (χ2n) is 7.79. The minimum atomic E-state index is -4.40. The number of amides is 2. The Morgan fingerprint density at radius 1 is 1.19 bits per heavy atom.